The number of hydrogen-bond donors (Lipinski definition) is 0. The summed E-state index contributed by atoms with van der Waals surface area (Å²) in [7, 11) is 0. The third kappa shape index (κ3) is 4.08. The van der Waals surface area contributed by atoms with E-state index in [4.69, 9.17) is 0 Å². The molecule has 1 aromatic heterocycles. The monoisotopic (exact) mass is 280 g/mol. The van der Waals surface area contributed by atoms with Gasteiger partial charge in [0.2, 0.25) is 0 Å². The molecule has 0 radical (unpaired) electrons. The number of thiophene rings is 1. The van der Waals surface area contributed by atoms with Gasteiger partial charge in [0.15, 0.2) is 0 Å². The van der Waals surface area contributed by atoms with Gasteiger partial charge in [-0.15, -0.1) is 11.3 Å². The highest BCUT2D eigenvalue weighted by molar-refractivity contribution is 7.12. The minimum Gasteiger partial charge on any atom is -0.145 e. The molecule has 0 nitrogen and oxygen atoms in total. The lowest BCUT2D eigenvalue weighted by atomic mass is 9.67. The Balaban J connectivity index is 2.90. The average molecular weight is 281 g/mol. The summed E-state index contributed by atoms with van der Waals surface area (Å²) in [4.78, 5) is 3.07. The van der Waals surface area contributed by atoms with Crippen molar-refractivity contribution >= 4 is 11.3 Å². The predicted molar refractivity (Wildman–Crippen MR) is 89.3 cm³/mol. The molecule has 110 valence electrons. The zero-order valence-corrected chi connectivity index (χ0v) is 14.9. The van der Waals surface area contributed by atoms with Crippen molar-refractivity contribution in [2.24, 2.45) is 11.3 Å². The Labute approximate surface area is 124 Å². The first-order valence-corrected chi connectivity index (χ1v) is 8.52. The van der Waals surface area contributed by atoms with Crippen molar-refractivity contribution in [2.75, 3.05) is 0 Å². The first kappa shape index (κ1) is 16.8. The minimum absolute atomic E-state index is 0.282. The molecule has 0 saturated carbocycles. The van der Waals surface area contributed by atoms with Crippen molar-refractivity contribution in [3.63, 3.8) is 0 Å². The molecule has 1 heteroatoms. The fourth-order valence-corrected chi connectivity index (χ4v) is 4.09. The summed E-state index contributed by atoms with van der Waals surface area (Å²) >= 11 is 2.01. The maximum Gasteiger partial charge on any atom is 0.0105 e. The first-order valence-electron chi connectivity index (χ1n) is 7.70. The molecular weight excluding hydrogens is 248 g/mol. The van der Waals surface area contributed by atoms with E-state index in [-0.39, 0.29) is 5.41 Å². The van der Waals surface area contributed by atoms with Crippen LogP contribution in [0.3, 0.4) is 0 Å². The topological polar surface area (TPSA) is 0 Å². The van der Waals surface area contributed by atoms with Gasteiger partial charge in [-0.05, 0) is 41.2 Å². The van der Waals surface area contributed by atoms with Gasteiger partial charge < -0.3 is 0 Å². The van der Waals surface area contributed by atoms with Crippen LogP contribution < -0.4 is 0 Å². The van der Waals surface area contributed by atoms with E-state index in [0.717, 1.165) is 5.92 Å². The molecule has 0 N–H and O–H groups in total. The van der Waals surface area contributed by atoms with Crippen molar-refractivity contribution in [3.05, 3.63) is 21.9 Å². The summed E-state index contributed by atoms with van der Waals surface area (Å²) in [6.07, 6.45) is 2.53. The Morgan fingerprint density at radius 1 is 1.05 bits per heavy atom. The van der Waals surface area contributed by atoms with E-state index >= 15 is 0 Å². The van der Waals surface area contributed by atoms with Crippen LogP contribution in [0.25, 0.3) is 0 Å². The molecule has 0 fully saturated rings. The molecule has 0 aliphatic carbocycles. The number of rotatable bonds is 6. The van der Waals surface area contributed by atoms with Crippen LogP contribution >= 0.6 is 11.3 Å². The average Bonchev–Trinajstić information content (AvgIpc) is 2.76. The summed E-state index contributed by atoms with van der Waals surface area (Å²) in [5.74, 6) is 1.42. The Morgan fingerprint density at radius 3 is 2.05 bits per heavy atom. The van der Waals surface area contributed by atoms with Crippen LogP contribution in [-0.2, 0) is 5.41 Å². The van der Waals surface area contributed by atoms with E-state index in [2.05, 4.69) is 67.5 Å². The second-order valence-electron chi connectivity index (χ2n) is 7.72. The van der Waals surface area contributed by atoms with Gasteiger partial charge in [-0.2, -0.15) is 0 Å². The van der Waals surface area contributed by atoms with Gasteiger partial charge in [0.1, 0.15) is 0 Å². The SMILES string of the molecule is CCC(C)C(C)(C)CC(C)(C)c1ccc(C(C)C)s1. The van der Waals surface area contributed by atoms with E-state index in [1.165, 1.54) is 17.7 Å². The summed E-state index contributed by atoms with van der Waals surface area (Å²) < 4.78 is 0. The van der Waals surface area contributed by atoms with Gasteiger partial charge in [-0.25, -0.2) is 0 Å². The predicted octanol–water partition coefficient (Wildman–Crippen LogP) is 6.61. The molecule has 1 atom stereocenters. The molecule has 1 unspecified atom stereocenters. The molecule has 1 rings (SSSR count). The third-order valence-corrected chi connectivity index (χ3v) is 6.46. The van der Waals surface area contributed by atoms with E-state index in [9.17, 15) is 0 Å². The van der Waals surface area contributed by atoms with Crippen molar-refractivity contribution in [2.45, 2.75) is 79.6 Å². The Bertz CT molecular complexity index is 396. The highest BCUT2D eigenvalue weighted by Gasteiger charge is 2.34. The third-order valence-electron chi connectivity index (χ3n) is 4.71. The molecular formula is C18H32S. The molecule has 1 heterocycles. The molecule has 0 amide bonds. The van der Waals surface area contributed by atoms with Crippen molar-refractivity contribution in [1.29, 1.82) is 0 Å². The lowest BCUT2D eigenvalue weighted by Gasteiger charge is -2.38. The smallest absolute Gasteiger partial charge is 0.0105 e. The Morgan fingerprint density at radius 2 is 1.63 bits per heavy atom. The summed E-state index contributed by atoms with van der Waals surface area (Å²) in [5, 5.41) is 0. The molecule has 0 aromatic carbocycles. The van der Waals surface area contributed by atoms with Crippen molar-refractivity contribution < 1.29 is 0 Å². The lowest BCUT2D eigenvalue weighted by molar-refractivity contribution is 0.165. The summed E-state index contributed by atoms with van der Waals surface area (Å²) in [6, 6.07) is 4.68. The number of hydrogen-bond acceptors (Lipinski definition) is 1. The van der Waals surface area contributed by atoms with Crippen molar-refractivity contribution in [3.8, 4) is 0 Å². The van der Waals surface area contributed by atoms with Crippen LogP contribution in [0, 0.1) is 11.3 Å². The quantitative estimate of drug-likeness (QED) is 0.550. The first-order chi connectivity index (χ1) is 8.60. The Hall–Kier alpha value is -0.300. The second-order valence-corrected chi connectivity index (χ2v) is 8.83. The zero-order valence-electron chi connectivity index (χ0n) is 14.1. The molecule has 19 heavy (non-hydrogen) atoms. The van der Waals surface area contributed by atoms with Gasteiger partial charge in [-0.1, -0.05) is 61.8 Å². The van der Waals surface area contributed by atoms with Gasteiger partial charge in [0.05, 0.1) is 0 Å². The maximum atomic E-state index is 2.43. The standard InChI is InChI=1S/C18H32S/c1-9-14(4)17(5,6)12-18(7,8)16-11-10-15(19-16)13(2)3/h10-11,13-14H,9,12H2,1-8H3. The summed E-state index contributed by atoms with van der Waals surface area (Å²) in [6.45, 7) is 18.9. The fraction of sp³-hybridized carbons (Fsp3) is 0.778. The second kappa shape index (κ2) is 5.99. The molecule has 0 aliphatic rings. The van der Waals surface area contributed by atoms with Crippen LogP contribution in [-0.4, -0.2) is 0 Å². The van der Waals surface area contributed by atoms with Gasteiger partial charge in [-0.3, -0.25) is 0 Å². The highest BCUT2D eigenvalue weighted by atomic mass is 32.1. The molecule has 0 spiro atoms. The van der Waals surface area contributed by atoms with Gasteiger partial charge >= 0.3 is 0 Å². The highest BCUT2D eigenvalue weighted by Crippen LogP contribution is 2.44. The largest absolute Gasteiger partial charge is 0.145 e. The molecule has 0 saturated heterocycles. The van der Waals surface area contributed by atoms with E-state index in [1.807, 2.05) is 11.3 Å². The lowest BCUT2D eigenvalue weighted by Crippen LogP contribution is -2.30. The maximum absolute atomic E-state index is 2.43. The van der Waals surface area contributed by atoms with Crippen molar-refractivity contribution in [1.82, 2.24) is 0 Å². The van der Waals surface area contributed by atoms with E-state index < -0.39 is 0 Å². The summed E-state index contributed by atoms with van der Waals surface area (Å²) in [5.41, 5.74) is 0.685. The van der Waals surface area contributed by atoms with Crippen LogP contribution in [0.2, 0.25) is 0 Å². The van der Waals surface area contributed by atoms with E-state index in [1.54, 1.807) is 4.88 Å². The molecule has 0 aliphatic heterocycles. The zero-order chi connectivity index (χ0) is 14.8. The van der Waals surface area contributed by atoms with Crippen LogP contribution in [0.1, 0.15) is 83.9 Å². The van der Waals surface area contributed by atoms with E-state index in [0.29, 0.717) is 11.3 Å². The van der Waals surface area contributed by atoms with Crippen LogP contribution in [0.5, 0.6) is 0 Å². The normalized spacial score (nSPS) is 15.0. The van der Waals surface area contributed by atoms with Crippen LogP contribution in [0.4, 0.5) is 0 Å². The van der Waals surface area contributed by atoms with Gasteiger partial charge in [0.25, 0.3) is 0 Å². The minimum atomic E-state index is 0.282. The van der Waals surface area contributed by atoms with Crippen LogP contribution in [0.15, 0.2) is 12.1 Å². The fourth-order valence-electron chi connectivity index (χ4n) is 2.98. The van der Waals surface area contributed by atoms with Gasteiger partial charge in [0, 0.05) is 9.75 Å². The Kier molecular flexibility index (Phi) is 5.28. The molecule has 0 bridgehead atoms. The molecule has 1 aromatic rings.